The Labute approximate surface area is 251 Å². The summed E-state index contributed by atoms with van der Waals surface area (Å²) in [6.45, 7) is 16.7. The summed E-state index contributed by atoms with van der Waals surface area (Å²) in [5.74, 6) is 1.43. The van der Waals surface area contributed by atoms with Crippen LogP contribution in [0.5, 0.6) is 17.2 Å². The van der Waals surface area contributed by atoms with Crippen molar-refractivity contribution in [2.24, 2.45) is 5.73 Å². The number of rotatable bonds is 17. The molecule has 2 aromatic carbocycles. The normalized spacial score (nSPS) is 11.2. The number of hydrogen-bond donors (Lipinski definition) is 2. The van der Waals surface area contributed by atoms with Crippen LogP contribution in [0.15, 0.2) is 42.5 Å². The molecule has 0 aliphatic rings. The van der Waals surface area contributed by atoms with Crippen LogP contribution in [0.1, 0.15) is 90.6 Å². The first kappa shape index (κ1) is 34.5. The maximum absolute atomic E-state index is 13.5. The molecule has 0 fully saturated rings. The minimum Gasteiger partial charge on any atom is -0.494 e. The van der Waals surface area contributed by atoms with Crippen LogP contribution >= 0.6 is 0 Å². The van der Waals surface area contributed by atoms with Crippen LogP contribution in [-0.4, -0.2) is 71.4 Å². The highest BCUT2D eigenvalue weighted by Gasteiger charge is 2.26. The molecule has 0 atom stereocenters. The number of nitrogens with one attached hydrogen (secondary N) is 1. The van der Waals surface area contributed by atoms with E-state index in [9.17, 15) is 9.59 Å². The van der Waals surface area contributed by atoms with Gasteiger partial charge in [0.2, 0.25) is 0 Å². The van der Waals surface area contributed by atoms with Crippen molar-refractivity contribution in [3.63, 3.8) is 0 Å². The number of ether oxygens (including phenoxy) is 3. The lowest BCUT2D eigenvalue weighted by molar-refractivity contribution is -0.137. The number of unbranched alkanes of at least 4 members (excludes halogenated alkanes) is 2. The Bertz CT molecular complexity index is 1150. The molecule has 0 heterocycles. The van der Waals surface area contributed by atoms with E-state index in [1.165, 1.54) is 0 Å². The molecule has 232 valence electrons. The molecule has 0 aromatic heterocycles. The fraction of sp³-hybridized carbons (Fsp3) is 0.545. The highest BCUT2D eigenvalue weighted by Crippen LogP contribution is 2.28. The number of carbonyl (C=O) groups is 2. The van der Waals surface area contributed by atoms with Crippen molar-refractivity contribution in [1.82, 2.24) is 9.80 Å². The fourth-order valence-electron chi connectivity index (χ4n) is 4.97. The lowest BCUT2D eigenvalue weighted by atomic mass is 10.1. The van der Waals surface area contributed by atoms with Gasteiger partial charge in [-0.05, 0) is 111 Å². The molecule has 2 rings (SSSR count). The quantitative estimate of drug-likeness (QED) is 0.137. The summed E-state index contributed by atoms with van der Waals surface area (Å²) in [7, 11) is 0. The van der Waals surface area contributed by atoms with Crippen molar-refractivity contribution in [3.05, 3.63) is 53.6 Å². The van der Waals surface area contributed by atoms with E-state index in [1.54, 1.807) is 40.1 Å². The van der Waals surface area contributed by atoms with E-state index in [2.05, 4.69) is 0 Å². The second-order valence-electron chi connectivity index (χ2n) is 11.5. The van der Waals surface area contributed by atoms with Crippen molar-refractivity contribution in [3.8, 4) is 17.2 Å². The van der Waals surface area contributed by atoms with E-state index in [0.717, 1.165) is 25.0 Å². The number of benzene rings is 2. The van der Waals surface area contributed by atoms with Crippen LogP contribution in [-0.2, 0) is 4.79 Å². The summed E-state index contributed by atoms with van der Waals surface area (Å²) >= 11 is 0. The third-order valence-corrected chi connectivity index (χ3v) is 6.77. The Morgan fingerprint density at radius 3 is 1.71 bits per heavy atom. The topological polar surface area (TPSA) is 118 Å². The van der Waals surface area contributed by atoms with Gasteiger partial charge in [-0.3, -0.25) is 15.0 Å². The first-order valence-corrected chi connectivity index (χ1v) is 14.9. The molecule has 0 spiro atoms. The average molecular weight is 583 g/mol. The summed E-state index contributed by atoms with van der Waals surface area (Å²) in [6, 6.07) is 12.5. The monoisotopic (exact) mass is 582 g/mol. The molecule has 0 unspecified atom stereocenters. The number of amides is 2. The van der Waals surface area contributed by atoms with E-state index in [0.29, 0.717) is 35.8 Å². The Morgan fingerprint density at radius 2 is 1.21 bits per heavy atom. The predicted octanol–water partition coefficient (Wildman–Crippen LogP) is 5.88. The summed E-state index contributed by atoms with van der Waals surface area (Å²) in [5.41, 5.74) is 6.56. The van der Waals surface area contributed by atoms with Gasteiger partial charge in [0.05, 0.1) is 18.8 Å². The zero-order chi connectivity index (χ0) is 31.4. The second kappa shape index (κ2) is 16.6. The van der Waals surface area contributed by atoms with Crippen molar-refractivity contribution in [2.75, 3.05) is 19.8 Å². The number of amidine groups is 1. The van der Waals surface area contributed by atoms with E-state index in [-0.39, 0.29) is 48.4 Å². The SMILES string of the molecule is CC(C)N(C(=O)COc1cc(OCCCCCOc2ccc(C(=N)N)cc2)ccc1C(=O)N(C(C)C)C(C)C)C(C)C. The fourth-order valence-corrected chi connectivity index (χ4v) is 4.97. The van der Waals surface area contributed by atoms with Crippen LogP contribution in [0.4, 0.5) is 0 Å². The smallest absolute Gasteiger partial charge is 0.260 e. The third-order valence-electron chi connectivity index (χ3n) is 6.77. The molecule has 0 aliphatic carbocycles. The highest BCUT2D eigenvalue weighted by molar-refractivity contribution is 5.97. The minimum atomic E-state index is -0.166. The Balaban J connectivity index is 2.02. The maximum atomic E-state index is 13.5. The Hall–Kier alpha value is -3.75. The molecular formula is C33H50N4O5. The van der Waals surface area contributed by atoms with E-state index in [4.69, 9.17) is 25.4 Å². The molecule has 0 bridgehead atoms. The number of nitrogens with zero attached hydrogens (tertiary/aromatic N) is 2. The first-order valence-electron chi connectivity index (χ1n) is 14.9. The number of hydrogen-bond acceptors (Lipinski definition) is 6. The molecule has 0 saturated carbocycles. The van der Waals surface area contributed by atoms with Gasteiger partial charge in [-0.25, -0.2) is 0 Å². The standard InChI is InChI=1S/C33H50N4O5/c1-22(2)36(23(3)4)31(38)21-42-30-20-28(16-17-29(30)33(39)37(24(5)6)25(7)8)41-19-11-9-10-18-40-27-14-12-26(13-15-27)32(34)35/h12-17,20,22-25H,9-11,18-19,21H2,1-8H3,(H3,34,35). The van der Waals surface area contributed by atoms with Gasteiger partial charge in [-0.15, -0.1) is 0 Å². The van der Waals surface area contributed by atoms with Crippen molar-refractivity contribution < 1.29 is 23.8 Å². The minimum absolute atomic E-state index is 0.00386. The van der Waals surface area contributed by atoms with Gasteiger partial charge in [0.1, 0.15) is 23.1 Å². The molecule has 42 heavy (non-hydrogen) atoms. The largest absolute Gasteiger partial charge is 0.494 e. The molecule has 0 saturated heterocycles. The zero-order valence-corrected chi connectivity index (χ0v) is 26.6. The van der Waals surface area contributed by atoms with Crippen LogP contribution < -0.4 is 19.9 Å². The van der Waals surface area contributed by atoms with Gasteiger partial charge in [0.15, 0.2) is 6.61 Å². The van der Waals surface area contributed by atoms with Crippen molar-refractivity contribution in [2.45, 2.75) is 98.8 Å². The lowest BCUT2D eigenvalue weighted by Crippen LogP contribution is -2.44. The molecule has 2 aromatic rings. The number of nitrogen functional groups attached to an aromatic ring is 1. The summed E-state index contributed by atoms with van der Waals surface area (Å²) in [5, 5.41) is 7.46. The Morgan fingerprint density at radius 1 is 0.714 bits per heavy atom. The van der Waals surface area contributed by atoms with Crippen LogP contribution in [0, 0.1) is 5.41 Å². The number of carbonyl (C=O) groups excluding carboxylic acids is 2. The average Bonchev–Trinajstić information content (AvgIpc) is 2.90. The molecule has 2 amide bonds. The lowest BCUT2D eigenvalue weighted by Gasteiger charge is -2.32. The summed E-state index contributed by atoms with van der Waals surface area (Å²) < 4.78 is 17.8. The van der Waals surface area contributed by atoms with Gasteiger partial charge in [-0.2, -0.15) is 0 Å². The molecular weight excluding hydrogens is 532 g/mol. The van der Waals surface area contributed by atoms with Crippen LogP contribution in [0.3, 0.4) is 0 Å². The van der Waals surface area contributed by atoms with Gasteiger partial charge in [0.25, 0.3) is 11.8 Å². The molecule has 0 aliphatic heterocycles. The predicted molar refractivity (Wildman–Crippen MR) is 168 cm³/mol. The Kier molecular flexibility index (Phi) is 13.6. The third kappa shape index (κ3) is 10.3. The number of nitrogens with two attached hydrogens (primary N) is 1. The van der Waals surface area contributed by atoms with E-state index >= 15 is 0 Å². The molecule has 9 heteroatoms. The van der Waals surface area contributed by atoms with Crippen molar-refractivity contribution >= 4 is 17.6 Å². The van der Waals surface area contributed by atoms with Crippen molar-refractivity contribution in [1.29, 1.82) is 5.41 Å². The zero-order valence-electron chi connectivity index (χ0n) is 26.6. The highest BCUT2D eigenvalue weighted by atomic mass is 16.5. The molecule has 9 nitrogen and oxygen atoms in total. The van der Waals surface area contributed by atoms with Crippen LogP contribution in [0.2, 0.25) is 0 Å². The van der Waals surface area contributed by atoms with Gasteiger partial charge in [0, 0.05) is 35.8 Å². The van der Waals surface area contributed by atoms with Gasteiger partial charge < -0.3 is 29.7 Å². The molecule has 3 N–H and O–H groups in total. The summed E-state index contributed by atoms with van der Waals surface area (Å²) in [6.07, 6.45) is 2.61. The van der Waals surface area contributed by atoms with Gasteiger partial charge >= 0.3 is 0 Å². The van der Waals surface area contributed by atoms with E-state index in [1.807, 2.05) is 67.5 Å². The van der Waals surface area contributed by atoms with Gasteiger partial charge in [-0.1, -0.05) is 0 Å². The first-order chi connectivity index (χ1) is 19.8. The summed E-state index contributed by atoms with van der Waals surface area (Å²) in [4.78, 5) is 30.1. The second-order valence-corrected chi connectivity index (χ2v) is 11.5. The maximum Gasteiger partial charge on any atom is 0.260 e. The van der Waals surface area contributed by atoms with E-state index < -0.39 is 0 Å². The molecule has 0 radical (unpaired) electrons. The van der Waals surface area contributed by atoms with Crippen LogP contribution in [0.25, 0.3) is 0 Å².